The maximum absolute atomic E-state index is 12.6. The highest BCUT2D eigenvalue weighted by molar-refractivity contribution is 7.17. The highest BCUT2D eigenvalue weighted by atomic mass is 32.1. The van der Waals surface area contributed by atoms with E-state index in [1.807, 2.05) is 34.5 Å². The fourth-order valence-corrected chi connectivity index (χ4v) is 4.60. The van der Waals surface area contributed by atoms with Gasteiger partial charge in [0.05, 0.1) is 13.2 Å². The number of carbonyl (C=O) groups excluding carboxylic acids is 1. The summed E-state index contributed by atoms with van der Waals surface area (Å²) in [6.45, 7) is 3.28. The molecule has 0 unspecified atom stereocenters. The van der Waals surface area contributed by atoms with Gasteiger partial charge in [-0.2, -0.15) is 0 Å². The smallest absolute Gasteiger partial charge is 0.251 e. The number of nitrogens with one attached hydrogen (secondary N) is 1. The molecule has 0 atom stereocenters. The van der Waals surface area contributed by atoms with Gasteiger partial charge in [-0.15, -0.1) is 11.3 Å². The lowest BCUT2D eigenvalue weighted by Crippen LogP contribution is -2.36. The topological polar surface area (TPSA) is 84.1 Å². The molecular formula is C23H21N3O4S. The number of rotatable bonds is 4. The summed E-state index contributed by atoms with van der Waals surface area (Å²) in [7, 11) is 0. The third-order valence-corrected chi connectivity index (χ3v) is 6.37. The number of amides is 1. The van der Waals surface area contributed by atoms with E-state index in [1.165, 1.54) is 11.3 Å². The van der Waals surface area contributed by atoms with E-state index in [4.69, 9.17) is 9.15 Å². The number of benzene rings is 1. The Hall–Kier alpha value is -3.23. The van der Waals surface area contributed by atoms with Crippen LogP contribution in [0.2, 0.25) is 0 Å². The highest BCUT2D eigenvalue weighted by Gasteiger charge is 2.19. The second kappa shape index (κ2) is 8.49. The zero-order valence-electron chi connectivity index (χ0n) is 16.8. The lowest BCUT2D eigenvalue weighted by atomic mass is 10.1. The molecule has 0 bridgehead atoms. The Morgan fingerprint density at radius 2 is 1.97 bits per heavy atom. The van der Waals surface area contributed by atoms with Gasteiger partial charge in [0.15, 0.2) is 11.5 Å². The Kier molecular flexibility index (Phi) is 5.40. The average molecular weight is 436 g/mol. The van der Waals surface area contributed by atoms with Crippen molar-refractivity contribution in [3.63, 3.8) is 0 Å². The van der Waals surface area contributed by atoms with Crippen LogP contribution in [0.15, 0.2) is 61.6 Å². The quantitative estimate of drug-likeness (QED) is 0.676. The minimum atomic E-state index is -0.110. The summed E-state index contributed by atoms with van der Waals surface area (Å²) in [5.74, 6) is 0.467. The van der Waals surface area contributed by atoms with Gasteiger partial charge in [0.1, 0.15) is 4.70 Å². The van der Waals surface area contributed by atoms with Crippen LogP contribution in [0, 0.1) is 0 Å². The van der Waals surface area contributed by atoms with E-state index in [-0.39, 0.29) is 11.3 Å². The number of carbonyl (C=O) groups is 1. The first-order chi connectivity index (χ1) is 15.2. The molecule has 7 nitrogen and oxygen atoms in total. The molecule has 31 heavy (non-hydrogen) atoms. The van der Waals surface area contributed by atoms with Crippen molar-refractivity contribution in [1.29, 1.82) is 0 Å². The molecule has 0 aliphatic carbocycles. The van der Waals surface area contributed by atoms with Crippen LogP contribution in [0.5, 0.6) is 0 Å². The Morgan fingerprint density at radius 1 is 1.16 bits per heavy atom. The Labute approximate surface area is 182 Å². The number of anilines is 2. The molecule has 2 aliphatic rings. The SMILES string of the molecule is O=C(Nc1ccc(-c2csc3c(=O)cc(N4CCOCC4)oc23)cc1)C1=CC=NCC1. The van der Waals surface area contributed by atoms with E-state index >= 15 is 0 Å². The predicted molar refractivity (Wildman–Crippen MR) is 124 cm³/mol. The van der Waals surface area contributed by atoms with Crippen molar-refractivity contribution in [3.8, 4) is 11.1 Å². The van der Waals surface area contributed by atoms with E-state index in [0.717, 1.165) is 16.7 Å². The summed E-state index contributed by atoms with van der Waals surface area (Å²) in [5, 5.41) is 4.87. The van der Waals surface area contributed by atoms with E-state index in [1.54, 1.807) is 18.4 Å². The third kappa shape index (κ3) is 4.04. The van der Waals surface area contributed by atoms with Gasteiger partial charge in [-0.05, 0) is 30.2 Å². The summed E-state index contributed by atoms with van der Waals surface area (Å²) < 4.78 is 12.2. The molecule has 0 radical (unpaired) electrons. The Bertz CT molecular complexity index is 1230. The minimum absolute atomic E-state index is 0.0350. The molecular weight excluding hydrogens is 414 g/mol. The second-order valence-electron chi connectivity index (χ2n) is 7.38. The molecule has 1 saturated heterocycles. The lowest BCUT2D eigenvalue weighted by molar-refractivity contribution is -0.113. The molecule has 158 valence electrons. The molecule has 3 aromatic rings. The van der Waals surface area contributed by atoms with Gasteiger partial charge in [0, 0.05) is 54.1 Å². The summed E-state index contributed by atoms with van der Waals surface area (Å²) in [4.78, 5) is 31.2. The molecule has 2 aromatic heterocycles. The van der Waals surface area contributed by atoms with Crippen LogP contribution in [-0.2, 0) is 9.53 Å². The highest BCUT2D eigenvalue weighted by Crippen LogP contribution is 2.35. The second-order valence-corrected chi connectivity index (χ2v) is 8.26. The number of fused-ring (bicyclic) bond motifs is 1. The normalized spacial score (nSPS) is 16.4. The van der Waals surface area contributed by atoms with Crippen molar-refractivity contribution in [2.45, 2.75) is 6.42 Å². The van der Waals surface area contributed by atoms with Crippen molar-refractivity contribution in [1.82, 2.24) is 0 Å². The van der Waals surface area contributed by atoms with Gasteiger partial charge in [0.2, 0.25) is 5.43 Å². The summed E-state index contributed by atoms with van der Waals surface area (Å²) in [5.41, 5.74) is 3.80. The number of hydrogen-bond acceptors (Lipinski definition) is 7. The Morgan fingerprint density at radius 3 is 2.71 bits per heavy atom. The maximum atomic E-state index is 12.6. The van der Waals surface area contributed by atoms with E-state index in [0.29, 0.717) is 61.1 Å². The van der Waals surface area contributed by atoms with Crippen molar-refractivity contribution in [3.05, 3.63) is 57.6 Å². The summed E-state index contributed by atoms with van der Waals surface area (Å²) >= 11 is 1.39. The third-order valence-electron chi connectivity index (χ3n) is 5.39. The van der Waals surface area contributed by atoms with E-state index in [2.05, 4.69) is 10.3 Å². The number of nitrogens with zero attached hydrogens (tertiary/aromatic N) is 2. The fourth-order valence-electron chi connectivity index (χ4n) is 3.69. The zero-order valence-corrected chi connectivity index (χ0v) is 17.6. The largest absolute Gasteiger partial charge is 0.439 e. The van der Waals surface area contributed by atoms with Crippen LogP contribution in [0.1, 0.15) is 6.42 Å². The lowest BCUT2D eigenvalue weighted by Gasteiger charge is -2.27. The Balaban J connectivity index is 1.42. The van der Waals surface area contributed by atoms with Crippen LogP contribution in [0.3, 0.4) is 0 Å². The van der Waals surface area contributed by atoms with E-state index in [9.17, 15) is 9.59 Å². The number of allylic oxidation sites excluding steroid dienone is 1. The number of dihydropyridines is 1. The van der Waals surface area contributed by atoms with Gasteiger partial charge in [-0.25, -0.2) is 0 Å². The monoisotopic (exact) mass is 435 g/mol. The van der Waals surface area contributed by atoms with Crippen molar-refractivity contribution >= 4 is 45.3 Å². The van der Waals surface area contributed by atoms with Crippen LogP contribution >= 0.6 is 11.3 Å². The van der Waals surface area contributed by atoms with Crippen molar-refractivity contribution in [2.75, 3.05) is 43.1 Å². The standard InChI is InChI=1S/C23H21N3O4S/c27-19-13-20(26-9-11-29-12-10-26)30-21-18(14-31-22(19)21)15-1-3-17(4-2-15)25-23(28)16-5-7-24-8-6-16/h1-5,7,13-14H,6,8-12H2,(H,25,28). The number of ether oxygens (including phenoxy) is 1. The van der Waals surface area contributed by atoms with Gasteiger partial charge >= 0.3 is 0 Å². The first-order valence-electron chi connectivity index (χ1n) is 10.2. The first kappa shape index (κ1) is 19.7. The first-order valence-corrected chi connectivity index (χ1v) is 11.1. The molecule has 1 N–H and O–H groups in total. The van der Waals surface area contributed by atoms with Crippen LogP contribution in [-0.4, -0.2) is 45.0 Å². The summed E-state index contributed by atoms with van der Waals surface area (Å²) in [6.07, 6.45) is 4.06. The number of aliphatic imine (C=N–C) groups is 1. The molecule has 4 heterocycles. The molecule has 0 saturated carbocycles. The maximum Gasteiger partial charge on any atom is 0.251 e. The van der Waals surface area contributed by atoms with Crippen LogP contribution in [0.25, 0.3) is 21.4 Å². The van der Waals surface area contributed by atoms with Crippen LogP contribution < -0.4 is 15.6 Å². The van der Waals surface area contributed by atoms with Gasteiger partial charge in [-0.1, -0.05) is 12.1 Å². The summed E-state index contributed by atoms with van der Waals surface area (Å²) in [6, 6.07) is 9.14. The number of thiophene rings is 1. The number of hydrogen-bond donors (Lipinski definition) is 1. The number of morpholine rings is 1. The molecule has 0 spiro atoms. The molecule has 1 fully saturated rings. The minimum Gasteiger partial charge on any atom is -0.439 e. The van der Waals surface area contributed by atoms with Crippen LogP contribution in [0.4, 0.5) is 11.6 Å². The molecule has 1 aromatic carbocycles. The average Bonchev–Trinajstić information content (AvgIpc) is 3.25. The molecule has 5 rings (SSSR count). The fraction of sp³-hybridized carbons (Fsp3) is 0.261. The van der Waals surface area contributed by atoms with Crippen molar-refractivity contribution in [2.24, 2.45) is 4.99 Å². The molecule has 8 heteroatoms. The predicted octanol–water partition coefficient (Wildman–Crippen LogP) is 3.70. The zero-order chi connectivity index (χ0) is 21.2. The van der Waals surface area contributed by atoms with Crippen molar-refractivity contribution < 1.29 is 13.9 Å². The van der Waals surface area contributed by atoms with Gasteiger partial charge in [-0.3, -0.25) is 14.6 Å². The molecule has 2 aliphatic heterocycles. The van der Waals surface area contributed by atoms with Gasteiger partial charge < -0.3 is 19.4 Å². The molecule has 1 amide bonds. The van der Waals surface area contributed by atoms with Gasteiger partial charge in [0.25, 0.3) is 5.91 Å². The van der Waals surface area contributed by atoms with E-state index < -0.39 is 0 Å².